The molecular formula is C19H29NO5. The van der Waals surface area contributed by atoms with Crippen LogP contribution in [-0.2, 0) is 9.53 Å². The standard InChI is InChI=1S/C19H29NO5/c1-6-14(4)20-18(21)12-25-19(22)15-7-8-16(17(11-15)23-5)24-10-9-13(2)3/h7-8,11,13-14H,6,9-10,12H2,1-5H3,(H,20,21). The van der Waals surface area contributed by atoms with Crippen LogP contribution < -0.4 is 14.8 Å². The third-order valence-corrected chi connectivity index (χ3v) is 3.71. The lowest BCUT2D eigenvalue weighted by atomic mass is 10.1. The Labute approximate surface area is 149 Å². The number of methoxy groups -OCH3 is 1. The van der Waals surface area contributed by atoms with E-state index in [-0.39, 0.29) is 18.6 Å². The van der Waals surface area contributed by atoms with Crippen molar-refractivity contribution < 1.29 is 23.8 Å². The highest BCUT2D eigenvalue weighted by molar-refractivity contribution is 5.92. The third kappa shape index (κ3) is 7.45. The number of amides is 1. The van der Waals surface area contributed by atoms with Crippen LogP contribution in [0.15, 0.2) is 18.2 Å². The van der Waals surface area contributed by atoms with E-state index in [1.807, 2.05) is 13.8 Å². The van der Waals surface area contributed by atoms with E-state index in [9.17, 15) is 9.59 Å². The molecule has 140 valence electrons. The van der Waals surface area contributed by atoms with Gasteiger partial charge in [0.2, 0.25) is 0 Å². The normalized spacial score (nSPS) is 11.8. The molecule has 1 aromatic carbocycles. The molecule has 0 spiro atoms. The molecule has 1 atom stereocenters. The molecule has 6 heteroatoms. The van der Waals surface area contributed by atoms with Gasteiger partial charge in [-0.2, -0.15) is 0 Å². The van der Waals surface area contributed by atoms with Gasteiger partial charge >= 0.3 is 5.97 Å². The summed E-state index contributed by atoms with van der Waals surface area (Å²) in [5.41, 5.74) is 0.310. The number of hydrogen-bond donors (Lipinski definition) is 1. The Bertz CT molecular complexity index is 571. The zero-order valence-electron chi connectivity index (χ0n) is 15.8. The molecule has 1 unspecified atom stereocenters. The van der Waals surface area contributed by atoms with Crippen molar-refractivity contribution in [2.45, 2.75) is 46.6 Å². The molecule has 0 aromatic heterocycles. The lowest BCUT2D eigenvalue weighted by molar-refractivity contribution is -0.124. The average molecular weight is 351 g/mol. The second kappa shape index (κ2) is 10.6. The van der Waals surface area contributed by atoms with E-state index in [2.05, 4.69) is 19.2 Å². The SMILES string of the molecule is CCC(C)NC(=O)COC(=O)c1ccc(OCCC(C)C)c(OC)c1. The molecule has 0 bridgehead atoms. The summed E-state index contributed by atoms with van der Waals surface area (Å²) in [6.07, 6.45) is 1.74. The topological polar surface area (TPSA) is 73.9 Å². The average Bonchev–Trinajstić information content (AvgIpc) is 2.59. The quantitative estimate of drug-likeness (QED) is 0.655. The summed E-state index contributed by atoms with van der Waals surface area (Å²) in [7, 11) is 1.51. The molecule has 1 rings (SSSR count). The third-order valence-electron chi connectivity index (χ3n) is 3.71. The smallest absolute Gasteiger partial charge is 0.338 e. The van der Waals surface area contributed by atoms with Crippen LogP contribution >= 0.6 is 0 Å². The van der Waals surface area contributed by atoms with Crippen molar-refractivity contribution in [1.29, 1.82) is 0 Å². The van der Waals surface area contributed by atoms with Gasteiger partial charge in [0.25, 0.3) is 5.91 Å². The van der Waals surface area contributed by atoms with Crippen LogP contribution in [0.3, 0.4) is 0 Å². The zero-order valence-corrected chi connectivity index (χ0v) is 15.8. The first-order valence-corrected chi connectivity index (χ1v) is 8.64. The van der Waals surface area contributed by atoms with Crippen LogP contribution in [0.4, 0.5) is 0 Å². The highest BCUT2D eigenvalue weighted by Gasteiger charge is 2.14. The molecule has 0 fully saturated rings. The van der Waals surface area contributed by atoms with Gasteiger partial charge in [-0.15, -0.1) is 0 Å². The van der Waals surface area contributed by atoms with Crippen molar-refractivity contribution >= 4 is 11.9 Å². The molecule has 0 aliphatic carbocycles. The summed E-state index contributed by atoms with van der Waals surface area (Å²) in [6.45, 7) is 8.37. The number of carbonyl (C=O) groups is 2. The van der Waals surface area contributed by atoms with E-state index >= 15 is 0 Å². The number of nitrogens with one attached hydrogen (secondary N) is 1. The maximum absolute atomic E-state index is 12.1. The van der Waals surface area contributed by atoms with E-state index in [1.165, 1.54) is 7.11 Å². The zero-order chi connectivity index (χ0) is 18.8. The summed E-state index contributed by atoms with van der Waals surface area (Å²) < 4.78 is 16.0. The fraction of sp³-hybridized carbons (Fsp3) is 0.579. The second-order valence-electron chi connectivity index (χ2n) is 6.35. The van der Waals surface area contributed by atoms with E-state index in [4.69, 9.17) is 14.2 Å². The van der Waals surface area contributed by atoms with Crippen molar-refractivity contribution in [2.24, 2.45) is 5.92 Å². The van der Waals surface area contributed by atoms with E-state index in [0.29, 0.717) is 29.6 Å². The summed E-state index contributed by atoms with van der Waals surface area (Å²) in [5.74, 6) is 0.688. The minimum Gasteiger partial charge on any atom is -0.493 e. The van der Waals surface area contributed by atoms with E-state index < -0.39 is 5.97 Å². The molecule has 1 aromatic rings. The first kappa shape index (κ1) is 20.8. The molecule has 1 amide bonds. The maximum Gasteiger partial charge on any atom is 0.338 e. The Balaban J connectivity index is 2.62. The minimum atomic E-state index is -0.577. The van der Waals surface area contributed by atoms with Gasteiger partial charge in [0.1, 0.15) is 0 Å². The number of hydrogen-bond acceptors (Lipinski definition) is 5. The van der Waals surface area contributed by atoms with Gasteiger partial charge in [0.15, 0.2) is 18.1 Å². The maximum atomic E-state index is 12.1. The monoisotopic (exact) mass is 351 g/mol. The van der Waals surface area contributed by atoms with Crippen LogP contribution in [0.1, 0.15) is 50.9 Å². The van der Waals surface area contributed by atoms with Crippen molar-refractivity contribution in [3.05, 3.63) is 23.8 Å². The Morgan fingerprint density at radius 1 is 1.16 bits per heavy atom. The van der Waals surface area contributed by atoms with Crippen LogP contribution in [0, 0.1) is 5.92 Å². The lowest BCUT2D eigenvalue weighted by Gasteiger charge is -2.13. The van der Waals surface area contributed by atoms with Crippen molar-refractivity contribution in [2.75, 3.05) is 20.3 Å². The lowest BCUT2D eigenvalue weighted by Crippen LogP contribution is -2.35. The molecule has 0 saturated heterocycles. The fourth-order valence-electron chi connectivity index (χ4n) is 1.95. The van der Waals surface area contributed by atoms with Crippen LogP contribution in [0.25, 0.3) is 0 Å². The molecular weight excluding hydrogens is 322 g/mol. The largest absolute Gasteiger partial charge is 0.493 e. The Kier molecular flexibility index (Phi) is 8.81. The van der Waals surface area contributed by atoms with Gasteiger partial charge in [-0.25, -0.2) is 4.79 Å². The highest BCUT2D eigenvalue weighted by Crippen LogP contribution is 2.28. The first-order chi connectivity index (χ1) is 11.9. The minimum absolute atomic E-state index is 0.0496. The number of esters is 1. The molecule has 0 heterocycles. The molecule has 1 N–H and O–H groups in total. The van der Waals surface area contributed by atoms with Gasteiger partial charge in [-0.05, 0) is 43.9 Å². The Hall–Kier alpha value is -2.24. The van der Waals surface area contributed by atoms with Gasteiger partial charge in [0, 0.05) is 6.04 Å². The van der Waals surface area contributed by atoms with Crippen molar-refractivity contribution in [1.82, 2.24) is 5.32 Å². The van der Waals surface area contributed by atoms with E-state index in [0.717, 1.165) is 12.8 Å². The van der Waals surface area contributed by atoms with Gasteiger partial charge in [-0.3, -0.25) is 4.79 Å². The summed E-state index contributed by atoms with van der Waals surface area (Å²) in [4.78, 5) is 23.8. The first-order valence-electron chi connectivity index (χ1n) is 8.64. The number of ether oxygens (including phenoxy) is 3. The Morgan fingerprint density at radius 2 is 1.88 bits per heavy atom. The van der Waals surface area contributed by atoms with Crippen LogP contribution in [0.5, 0.6) is 11.5 Å². The molecule has 0 aliphatic rings. The number of carbonyl (C=O) groups excluding carboxylic acids is 2. The number of rotatable bonds is 10. The highest BCUT2D eigenvalue weighted by atomic mass is 16.5. The van der Waals surface area contributed by atoms with Crippen LogP contribution in [0.2, 0.25) is 0 Å². The Morgan fingerprint density at radius 3 is 2.48 bits per heavy atom. The summed E-state index contributed by atoms with van der Waals surface area (Å²) in [6, 6.07) is 4.88. The summed E-state index contributed by atoms with van der Waals surface area (Å²) >= 11 is 0. The summed E-state index contributed by atoms with van der Waals surface area (Å²) in [5, 5.41) is 2.74. The van der Waals surface area contributed by atoms with Crippen molar-refractivity contribution in [3.63, 3.8) is 0 Å². The molecule has 25 heavy (non-hydrogen) atoms. The number of benzene rings is 1. The molecule has 0 aliphatic heterocycles. The van der Waals surface area contributed by atoms with E-state index in [1.54, 1.807) is 18.2 Å². The predicted octanol–water partition coefficient (Wildman–Crippen LogP) is 3.19. The van der Waals surface area contributed by atoms with Gasteiger partial charge in [0.05, 0.1) is 19.3 Å². The fourth-order valence-corrected chi connectivity index (χ4v) is 1.95. The molecule has 0 radical (unpaired) electrons. The second-order valence-corrected chi connectivity index (χ2v) is 6.35. The molecule has 0 saturated carbocycles. The van der Waals surface area contributed by atoms with Crippen LogP contribution in [-0.4, -0.2) is 38.2 Å². The van der Waals surface area contributed by atoms with Crippen molar-refractivity contribution in [3.8, 4) is 11.5 Å². The molecule has 6 nitrogen and oxygen atoms in total. The van der Waals surface area contributed by atoms with Gasteiger partial charge < -0.3 is 19.5 Å². The van der Waals surface area contributed by atoms with Gasteiger partial charge in [-0.1, -0.05) is 20.8 Å². The predicted molar refractivity (Wildman–Crippen MR) is 96.1 cm³/mol.